The van der Waals surface area contributed by atoms with Gasteiger partial charge in [-0.1, -0.05) is 0 Å². The van der Waals surface area contributed by atoms with Crippen molar-refractivity contribution in [1.29, 1.82) is 0 Å². The van der Waals surface area contributed by atoms with Crippen molar-refractivity contribution < 1.29 is 38.5 Å². The Morgan fingerprint density at radius 2 is 1.85 bits per heavy atom. The van der Waals surface area contributed by atoms with E-state index in [2.05, 4.69) is 35.1 Å². The van der Waals surface area contributed by atoms with Gasteiger partial charge in [0.1, 0.15) is 13.1 Å². The van der Waals surface area contributed by atoms with E-state index in [9.17, 15) is 0 Å². The number of fused-ring (bicyclic) bond motifs is 5. The number of ether oxygens (including phenoxy) is 1. The smallest absolute Gasteiger partial charge is 0.128 e. The molecule has 3 rings (SSSR count). The Labute approximate surface area is 136 Å². The number of quaternary nitrogens is 2. The topological polar surface area (TPSA) is 9.23 Å². The van der Waals surface area contributed by atoms with Gasteiger partial charge in [-0.15, -0.1) is 0 Å². The van der Waals surface area contributed by atoms with Crippen LogP contribution < -0.4 is 24.8 Å². The number of hydrogen-bond acceptors (Lipinski definition) is 1. The third kappa shape index (κ3) is 3.12. The van der Waals surface area contributed by atoms with Crippen LogP contribution in [0.25, 0.3) is 0 Å². The molecule has 0 aliphatic carbocycles. The van der Waals surface area contributed by atoms with Crippen molar-refractivity contribution in [2.75, 3.05) is 54.4 Å². The molecule has 5 heteroatoms. The Hall–Kier alpha value is 0.460. The van der Waals surface area contributed by atoms with E-state index in [4.69, 9.17) is 4.74 Å². The second-order valence-electron chi connectivity index (χ2n) is 8.50. The van der Waals surface area contributed by atoms with Crippen LogP contribution in [-0.2, 0) is 4.74 Å². The maximum atomic E-state index is 6.25. The van der Waals surface area contributed by atoms with Crippen molar-refractivity contribution in [2.45, 2.75) is 31.5 Å². The average Bonchev–Trinajstić information content (AvgIpc) is 2.83. The summed E-state index contributed by atoms with van der Waals surface area (Å²) in [6.45, 7) is 7.66. The SMILES string of the molecule is CC12CCC(O1)C1C[N+](C)(CC[N+](C)(C)C)CC12.[Cl-].[Cl-]. The molecule has 0 spiro atoms. The zero-order valence-corrected chi connectivity index (χ0v) is 15.0. The number of hydrogen-bond donors (Lipinski definition) is 0. The third-order valence-corrected chi connectivity index (χ3v) is 5.72. The molecule has 20 heavy (non-hydrogen) atoms. The quantitative estimate of drug-likeness (QED) is 0.474. The zero-order chi connectivity index (χ0) is 13.2. The molecule has 3 saturated heterocycles. The summed E-state index contributed by atoms with van der Waals surface area (Å²) in [5.74, 6) is 1.68. The van der Waals surface area contributed by atoms with Crippen LogP contribution in [0, 0.1) is 11.8 Å². The molecule has 5 unspecified atom stereocenters. The molecule has 3 heterocycles. The van der Waals surface area contributed by atoms with E-state index in [-0.39, 0.29) is 30.4 Å². The highest BCUT2D eigenvalue weighted by Crippen LogP contribution is 2.55. The Bertz CT molecular complexity index is 360. The molecule has 0 aromatic carbocycles. The molecular weight excluding hydrogens is 295 g/mol. The molecule has 0 aromatic heterocycles. The van der Waals surface area contributed by atoms with E-state index in [0.717, 1.165) is 16.3 Å². The minimum absolute atomic E-state index is 0. The van der Waals surface area contributed by atoms with Crippen LogP contribution in [0.15, 0.2) is 0 Å². The van der Waals surface area contributed by atoms with Crippen molar-refractivity contribution in [3.05, 3.63) is 0 Å². The molecule has 0 saturated carbocycles. The number of rotatable bonds is 3. The highest BCUT2D eigenvalue weighted by molar-refractivity contribution is 5.06. The van der Waals surface area contributed by atoms with Crippen molar-refractivity contribution in [2.24, 2.45) is 11.8 Å². The van der Waals surface area contributed by atoms with Gasteiger partial charge in [0.2, 0.25) is 0 Å². The van der Waals surface area contributed by atoms with Gasteiger partial charge in [-0.3, -0.25) is 0 Å². The summed E-state index contributed by atoms with van der Waals surface area (Å²) in [7, 11) is 9.38. The Morgan fingerprint density at radius 3 is 2.40 bits per heavy atom. The van der Waals surface area contributed by atoms with Crippen LogP contribution in [-0.4, -0.2) is 75.0 Å². The molecule has 3 aliphatic heterocycles. The lowest BCUT2D eigenvalue weighted by molar-refractivity contribution is -0.943. The van der Waals surface area contributed by atoms with Gasteiger partial charge in [-0.05, 0) is 19.8 Å². The van der Waals surface area contributed by atoms with Crippen molar-refractivity contribution in [1.82, 2.24) is 0 Å². The second kappa shape index (κ2) is 5.58. The van der Waals surface area contributed by atoms with Crippen molar-refractivity contribution in [3.63, 3.8) is 0 Å². The maximum Gasteiger partial charge on any atom is 0.128 e. The van der Waals surface area contributed by atoms with Gasteiger partial charge in [-0.2, -0.15) is 0 Å². The van der Waals surface area contributed by atoms with Crippen LogP contribution in [0.4, 0.5) is 0 Å². The predicted octanol–water partition coefficient (Wildman–Crippen LogP) is -4.66. The van der Waals surface area contributed by atoms with Gasteiger partial charge in [0.05, 0.1) is 53.0 Å². The fraction of sp³-hybridized carbons (Fsp3) is 1.00. The number of nitrogens with zero attached hydrogens (tertiary/aromatic N) is 2. The normalized spacial score (nSPS) is 45.8. The van der Waals surface area contributed by atoms with Crippen LogP contribution in [0.1, 0.15) is 19.8 Å². The standard InChI is InChI=1S/C15H30N2O.2ClH/c1-15-7-6-14(18-15)12-10-17(5,11-13(12)15)9-8-16(2,3)4;;/h12-14H,6-11H2,1-5H3;2*1H/q+2;;/p-2. The van der Waals surface area contributed by atoms with Crippen LogP contribution in [0.3, 0.4) is 0 Å². The van der Waals surface area contributed by atoms with E-state index >= 15 is 0 Å². The number of likely N-dealkylation sites (tertiary alicyclic amines) is 1. The minimum atomic E-state index is 0. The first-order valence-corrected chi connectivity index (χ1v) is 7.53. The van der Waals surface area contributed by atoms with E-state index in [1.54, 1.807) is 0 Å². The second-order valence-corrected chi connectivity index (χ2v) is 8.50. The highest BCUT2D eigenvalue weighted by atomic mass is 35.5. The summed E-state index contributed by atoms with van der Waals surface area (Å²) in [6.07, 6.45) is 3.20. The lowest BCUT2D eigenvalue weighted by Gasteiger charge is -2.35. The van der Waals surface area contributed by atoms with E-state index in [1.807, 2.05) is 0 Å². The van der Waals surface area contributed by atoms with Crippen LogP contribution in [0.2, 0.25) is 0 Å². The molecule has 0 aromatic rings. The summed E-state index contributed by atoms with van der Waals surface area (Å²) >= 11 is 0. The number of likely N-dealkylation sites (N-methyl/N-ethyl adjacent to an activating group) is 2. The Morgan fingerprint density at radius 1 is 1.20 bits per heavy atom. The molecule has 3 fully saturated rings. The fourth-order valence-electron chi connectivity index (χ4n) is 4.53. The van der Waals surface area contributed by atoms with Crippen LogP contribution >= 0.6 is 0 Å². The molecule has 0 amide bonds. The monoisotopic (exact) mass is 324 g/mol. The Balaban J connectivity index is 0.000001000. The predicted molar refractivity (Wildman–Crippen MR) is 73.2 cm³/mol. The lowest BCUT2D eigenvalue weighted by Crippen LogP contribution is -3.00. The third-order valence-electron chi connectivity index (χ3n) is 5.72. The minimum Gasteiger partial charge on any atom is -1.00 e. The van der Waals surface area contributed by atoms with E-state index in [0.29, 0.717) is 6.10 Å². The van der Waals surface area contributed by atoms with Gasteiger partial charge in [0.15, 0.2) is 0 Å². The molecule has 3 aliphatic rings. The highest BCUT2D eigenvalue weighted by Gasteiger charge is 2.63. The van der Waals surface area contributed by atoms with Gasteiger partial charge in [0.25, 0.3) is 0 Å². The van der Waals surface area contributed by atoms with Crippen molar-refractivity contribution >= 4 is 0 Å². The Kier molecular flexibility index (Phi) is 5.17. The number of halogens is 2. The first-order valence-electron chi connectivity index (χ1n) is 7.53. The summed E-state index contributed by atoms with van der Waals surface area (Å²) < 4.78 is 8.61. The lowest BCUT2D eigenvalue weighted by atomic mass is 9.75. The van der Waals surface area contributed by atoms with Crippen molar-refractivity contribution in [3.8, 4) is 0 Å². The molecule has 5 atom stereocenters. The van der Waals surface area contributed by atoms with E-state index in [1.165, 1.54) is 43.5 Å². The molecule has 0 N–H and O–H groups in total. The summed E-state index contributed by atoms with van der Waals surface area (Å²) in [4.78, 5) is 0. The summed E-state index contributed by atoms with van der Waals surface area (Å²) in [5, 5.41) is 0. The first kappa shape index (κ1) is 18.5. The largest absolute Gasteiger partial charge is 1.00 e. The van der Waals surface area contributed by atoms with Crippen LogP contribution in [0.5, 0.6) is 0 Å². The van der Waals surface area contributed by atoms with E-state index < -0.39 is 0 Å². The van der Waals surface area contributed by atoms with Gasteiger partial charge in [0, 0.05) is 11.8 Å². The van der Waals surface area contributed by atoms with Gasteiger partial charge >= 0.3 is 0 Å². The van der Waals surface area contributed by atoms with Gasteiger partial charge in [-0.25, -0.2) is 0 Å². The first-order chi connectivity index (χ1) is 8.21. The molecular formula is C15H30Cl2N2O. The molecule has 0 radical (unpaired) electrons. The van der Waals surface area contributed by atoms with Gasteiger partial charge < -0.3 is 38.5 Å². The zero-order valence-electron chi connectivity index (χ0n) is 13.5. The molecule has 3 nitrogen and oxygen atoms in total. The molecule has 120 valence electrons. The average molecular weight is 325 g/mol. The fourth-order valence-corrected chi connectivity index (χ4v) is 4.53. The summed E-state index contributed by atoms with van der Waals surface area (Å²) in [5.41, 5.74) is 0.224. The molecule has 2 bridgehead atoms. The maximum absolute atomic E-state index is 6.25. The summed E-state index contributed by atoms with van der Waals surface area (Å²) in [6, 6.07) is 0.